The molecule has 0 aliphatic heterocycles. The molecular weight excluding hydrogens is 278 g/mol. The highest BCUT2D eigenvalue weighted by atomic mass is 16.6. The average Bonchev–Trinajstić information content (AvgIpc) is 2.74. The summed E-state index contributed by atoms with van der Waals surface area (Å²) >= 11 is 0. The summed E-state index contributed by atoms with van der Waals surface area (Å²) in [4.78, 5) is 33.3. The van der Waals surface area contributed by atoms with E-state index in [9.17, 15) is 19.7 Å². The minimum atomic E-state index is -0.755. The number of carbonyl (C=O) groups is 2. The molecule has 0 aliphatic rings. The van der Waals surface area contributed by atoms with Crippen LogP contribution in [0, 0.1) is 10.1 Å². The number of hydrogen-bond acceptors (Lipinski definition) is 6. The summed E-state index contributed by atoms with van der Waals surface area (Å²) in [7, 11) is 0. The Balaban J connectivity index is 2.58. The van der Waals surface area contributed by atoms with E-state index in [4.69, 9.17) is 4.74 Å². The van der Waals surface area contributed by atoms with Gasteiger partial charge in [0.1, 0.15) is 11.3 Å². The Labute approximate surface area is 119 Å². The Bertz CT molecular complexity index is 742. The van der Waals surface area contributed by atoms with Gasteiger partial charge in [0.05, 0.1) is 10.4 Å². The number of ether oxygens (including phenoxy) is 1. The molecule has 0 radical (unpaired) electrons. The van der Waals surface area contributed by atoms with Gasteiger partial charge >= 0.3 is 6.09 Å². The number of carbonyl (C=O) groups excluding carboxylic acids is 2. The largest absolute Gasteiger partial charge is 0.442 e. The predicted octanol–water partition coefficient (Wildman–Crippen LogP) is 2.54. The molecule has 2 rings (SSSR count). The van der Waals surface area contributed by atoms with E-state index >= 15 is 0 Å². The number of benzene rings is 1. The second-order valence-corrected chi connectivity index (χ2v) is 5.35. The molecule has 0 aliphatic carbocycles. The molecule has 0 saturated carbocycles. The monoisotopic (exact) mass is 291 g/mol. The lowest BCUT2D eigenvalue weighted by Gasteiger charge is -2.19. The average molecular weight is 291 g/mol. The van der Waals surface area contributed by atoms with E-state index in [1.165, 1.54) is 18.2 Å². The van der Waals surface area contributed by atoms with Crippen LogP contribution in [0.1, 0.15) is 31.3 Å². The van der Waals surface area contributed by atoms with Crippen LogP contribution < -0.4 is 0 Å². The lowest BCUT2D eigenvalue weighted by atomic mass is 10.2. The Morgan fingerprint density at radius 3 is 2.62 bits per heavy atom. The first-order valence-electron chi connectivity index (χ1n) is 6.08. The summed E-state index contributed by atoms with van der Waals surface area (Å²) in [5.41, 5.74) is -0.692. The van der Waals surface area contributed by atoms with Crippen LogP contribution in [0.2, 0.25) is 0 Å². The smallest absolute Gasteiger partial charge is 0.435 e. The molecule has 0 bridgehead atoms. The van der Waals surface area contributed by atoms with Crippen molar-refractivity contribution in [3.8, 4) is 0 Å². The highest BCUT2D eigenvalue weighted by Gasteiger charge is 2.23. The molecular formula is C13H13N3O5. The van der Waals surface area contributed by atoms with Gasteiger partial charge in [-0.15, -0.1) is 0 Å². The first kappa shape index (κ1) is 14.6. The number of nitro groups is 1. The lowest BCUT2D eigenvalue weighted by Crippen LogP contribution is -2.27. The van der Waals surface area contributed by atoms with Crippen molar-refractivity contribution in [3.05, 3.63) is 34.0 Å². The molecule has 0 N–H and O–H groups in total. The minimum absolute atomic E-state index is 0.0560. The minimum Gasteiger partial charge on any atom is -0.442 e. The van der Waals surface area contributed by atoms with Crippen molar-refractivity contribution in [1.29, 1.82) is 0 Å². The molecule has 2 aromatic rings. The fraction of sp³-hybridized carbons (Fsp3) is 0.308. The molecule has 1 aromatic carbocycles. The fourth-order valence-corrected chi connectivity index (χ4v) is 1.77. The summed E-state index contributed by atoms with van der Waals surface area (Å²) in [6.45, 7) is 5.09. The molecule has 8 nitrogen and oxygen atoms in total. The SMILES string of the molecule is CC(C)(C)OC(=O)n1nc(C=O)c2cc([N+](=O)[O-])ccc21. The van der Waals surface area contributed by atoms with Crippen molar-refractivity contribution in [1.82, 2.24) is 9.78 Å². The van der Waals surface area contributed by atoms with Gasteiger partial charge in [-0.2, -0.15) is 9.78 Å². The van der Waals surface area contributed by atoms with E-state index in [-0.39, 0.29) is 22.3 Å². The summed E-state index contributed by atoms with van der Waals surface area (Å²) in [5, 5.41) is 14.8. The Morgan fingerprint density at radius 1 is 1.43 bits per heavy atom. The highest BCUT2D eigenvalue weighted by molar-refractivity contribution is 5.99. The van der Waals surface area contributed by atoms with E-state index in [1.807, 2.05) is 0 Å². The molecule has 8 heteroatoms. The fourth-order valence-electron chi connectivity index (χ4n) is 1.77. The first-order chi connectivity index (χ1) is 9.73. The van der Waals surface area contributed by atoms with Crippen molar-refractivity contribution in [2.24, 2.45) is 0 Å². The van der Waals surface area contributed by atoms with E-state index in [1.54, 1.807) is 20.8 Å². The number of hydrogen-bond donors (Lipinski definition) is 0. The van der Waals surface area contributed by atoms with Gasteiger partial charge in [-0.3, -0.25) is 14.9 Å². The molecule has 0 amide bonds. The second kappa shape index (κ2) is 4.97. The molecule has 0 saturated heterocycles. The zero-order chi connectivity index (χ0) is 15.8. The van der Waals surface area contributed by atoms with Gasteiger partial charge in [0.15, 0.2) is 6.29 Å². The number of aromatic nitrogens is 2. The zero-order valence-corrected chi connectivity index (χ0v) is 11.7. The zero-order valence-electron chi connectivity index (χ0n) is 11.7. The maximum absolute atomic E-state index is 12.1. The predicted molar refractivity (Wildman–Crippen MR) is 73.4 cm³/mol. The van der Waals surface area contributed by atoms with Crippen molar-refractivity contribution in [3.63, 3.8) is 0 Å². The van der Waals surface area contributed by atoms with Crippen LogP contribution in [0.4, 0.5) is 10.5 Å². The first-order valence-corrected chi connectivity index (χ1v) is 6.08. The van der Waals surface area contributed by atoms with Gasteiger partial charge in [0.25, 0.3) is 5.69 Å². The summed E-state index contributed by atoms with van der Waals surface area (Å²) in [6.07, 6.45) is -0.318. The number of non-ortho nitro benzene ring substituents is 1. The third-order valence-corrected chi connectivity index (χ3v) is 2.58. The van der Waals surface area contributed by atoms with Crippen LogP contribution in [0.3, 0.4) is 0 Å². The van der Waals surface area contributed by atoms with Crippen molar-refractivity contribution >= 4 is 29.0 Å². The molecule has 1 heterocycles. The van der Waals surface area contributed by atoms with Gasteiger partial charge in [0, 0.05) is 17.5 Å². The van der Waals surface area contributed by atoms with Crippen molar-refractivity contribution < 1.29 is 19.2 Å². The number of nitrogens with zero attached hydrogens (tertiary/aromatic N) is 3. The van der Waals surface area contributed by atoms with E-state index in [0.717, 1.165) is 4.68 Å². The molecule has 0 unspecified atom stereocenters. The van der Waals surface area contributed by atoms with Gasteiger partial charge in [-0.05, 0) is 26.8 Å². The van der Waals surface area contributed by atoms with Crippen LogP contribution in [0.15, 0.2) is 18.2 Å². The maximum atomic E-state index is 12.1. The number of fused-ring (bicyclic) bond motifs is 1. The Morgan fingerprint density at radius 2 is 2.10 bits per heavy atom. The summed E-state index contributed by atoms with van der Waals surface area (Å²) in [6, 6.07) is 3.80. The standard InChI is InChI=1S/C13H13N3O5/c1-13(2,3)21-12(18)15-11-5-4-8(16(19)20)6-9(11)10(7-17)14-15/h4-7H,1-3H3. The molecule has 0 atom stereocenters. The lowest BCUT2D eigenvalue weighted by molar-refractivity contribution is -0.384. The molecule has 0 fully saturated rings. The van der Waals surface area contributed by atoms with Crippen LogP contribution in [-0.2, 0) is 4.74 Å². The molecule has 21 heavy (non-hydrogen) atoms. The third kappa shape index (κ3) is 2.88. The van der Waals surface area contributed by atoms with Crippen molar-refractivity contribution in [2.45, 2.75) is 26.4 Å². The van der Waals surface area contributed by atoms with Crippen LogP contribution in [0.5, 0.6) is 0 Å². The quantitative estimate of drug-likeness (QED) is 0.478. The van der Waals surface area contributed by atoms with Crippen LogP contribution in [0.25, 0.3) is 10.9 Å². The topological polar surface area (TPSA) is 104 Å². The van der Waals surface area contributed by atoms with E-state index in [0.29, 0.717) is 6.29 Å². The second-order valence-electron chi connectivity index (χ2n) is 5.35. The van der Waals surface area contributed by atoms with E-state index in [2.05, 4.69) is 5.10 Å². The Hall–Kier alpha value is -2.77. The molecule has 110 valence electrons. The van der Waals surface area contributed by atoms with Crippen LogP contribution in [-0.4, -0.2) is 32.7 Å². The molecule has 1 aromatic heterocycles. The Kier molecular flexibility index (Phi) is 3.46. The highest BCUT2D eigenvalue weighted by Crippen LogP contribution is 2.24. The normalized spacial score (nSPS) is 11.4. The number of nitro benzene ring substituents is 1. The third-order valence-electron chi connectivity index (χ3n) is 2.58. The van der Waals surface area contributed by atoms with Gasteiger partial charge < -0.3 is 4.74 Å². The number of rotatable bonds is 2. The summed E-state index contributed by atoms with van der Waals surface area (Å²) in [5.74, 6) is 0. The van der Waals surface area contributed by atoms with Crippen LogP contribution >= 0.6 is 0 Å². The number of aldehydes is 1. The van der Waals surface area contributed by atoms with Gasteiger partial charge in [0.2, 0.25) is 0 Å². The molecule has 0 spiro atoms. The summed E-state index contributed by atoms with van der Waals surface area (Å²) < 4.78 is 6.10. The van der Waals surface area contributed by atoms with Gasteiger partial charge in [-0.1, -0.05) is 0 Å². The van der Waals surface area contributed by atoms with Gasteiger partial charge in [-0.25, -0.2) is 4.79 Å². The van der Waals surface area contributed by atoms with E-state index < -0.39 is 16.6 Å². The van der Waals surface area contributed by atoms with Crippen molar-refractivity contribution in [2.75, 3.05) is 0 Å². The maximum Gasteiger partial charge on any atom is 0.435 e.